The first kappa shape index (κ1) is 10.3. The zero-order chi connectivity index (χ0) is 9.07. The fourth-order valence-corrected chi connectivity index (χ4v) is 0.367. The number of carboxylic acids is 1. The molecule has 0 aromatic carbocycles. The van der Waals surface area contributed by atoms with Gasteiger partial charge in [-0.2, -0.15) is 8.42 Å². The minimum Gasteiger partial charge on any atom is -0.479 e. The van der Waals surface area contributed by atoms with Gasteiger partial charge in [-0.05, 0) is 6.92 Å². The van der Waals surface area contributed by atoms with Crippen molar-refractivity contribution in [2.45, 2.75) is 13.0 Å². The molecule has 0 fully saturated rings. The molecule has 0 aliphatic rings. The van der Waals surface area contributed by atoms with Crippen molar-refractivity contribution in [3.63, 3.8) is 0 Å². The predicted molar refractivity (Wildman–Crippen MR) is 30.8 cm³/mol. The van der Waals surface area contributed by atoms with E-state index in [9.17, 15) is 13.2 Å². The molecule has 2 N–H and O–H groups in total. The summed E-state index contributed by atoms with van der Waals surface area (Å²) in [6.07, 6.45) is -1.46. The Bertz CT molecular complexity index is 228. The third kappa shape index (κ3) is 5.73. The van der Waals surface area contributed by atoms with Crippen LogP contribution in [0.3, 0.4) is 0 Å². The number of carbonyl (C=O) groups is 1. The minimum atomic E-state index is -4.74. The van der Waals surface area contributed by atoms with E-state index in [4.69, 9.17) is 9.66 Å². The van der Waals surface area contributed by atoms with Crippen LogP contribution in [0.1, 0.15) is 6.92 Å². The van der Waals surface area contributed by atoms with E-state index in [0.717, 1.165) is 6.92 Å². The molecule has 0 aromatic heterocycles. The highest BCUT2D eigenvalue weighted by molar-refractivity contribution is 7.80. The summed E-state index contributed by atoms with van der Waals surface area (Å²) >= 11 is 0. The highest BCUT2D eigenvalue weighted by Gasteiger charge is 2.16. The van der Waals surface area contributed by atoms with Crippen LogP contribution in [-0.2, 0) is 24.4 Å². The fourth-order valence-electron chi connectivity index (χ4n) is 0.150. The molecular weight excluding hydrogens is 180 g/mol. The van der Waals surface area contributed by atoms with E-state index in [1.54, 1.807) is 0 Å². The van der Waals surface area contributed by atoms with Crippen molar-refractivity contribution in [3.05, 3.63) is 0 Å². The summed E-state index contributed by atoms with van der Waals surface area (Å²) in [6, 6.07) is 0. The maximum Gasteiger partial charge on any atom is 0.424 e. The van der Waals surface area contributed by atoms with Gasteiger partial charge in [0.05, 0.1) is 0 Å². The molecule has 1 unspecified atom stereocenters. The summed E-state index contributed by atoms with van der Waals surface area (Å²) in [6.45, 7) is 1.04. The minimum absolute atomic E-state index is 1.04. The third-order valence-electron chi connectivity index (χ3n) is 0.617. The maximum atomic E-state index is 9.93. The average molecular weight is 186 g/mol. The molecule has 11 heavy (non-hydrogen) atoms. The van der Waals surface area contributed by atoms with Crippen molar-refractivity contribution >= 4 is 16.4 Å². The van der Waals surface area contributed by atoms with Crippen LogP contribution in [0.5, 0.6) is 0 Å². The van der Waals surface area contributed by atoms with E-state index >= 15 is 0 Å². The Labute approximate surface area is 62.4 Å². The largest absolute Gasteiger partial charge is 0.479 e. The maximum absolute atomic E-state index is 9.93. The van der Waals surface area contributed by atoms with Crippen LogP contribution in [0.15, 0.2) is 0 Å². The summed E-state index contributed by atoms with van der Waals surface area (Å²) in [4.78, 5) is 13.7. The Morgan fingerprint density at radius 3 is 2.27 bits per heavy atom. The van der Waals surface area contributed by atoms with Gasteiger partial charge in [0.25, 0.3) is 0 Å². The van der Waals surface area contributed by atoms with Crippen LogP contribution in [0.4, 0.5) is 0 Å². The van der Waals surface area contributed by atoms with Gasteiger partial charge in [-0.1, -0.05) is 4.33 Å². The molecule has 0 saturated carbocycles. The molecule has 0 aliphatic carbocycles. The average Bonchev–Trinajstić information content (AvgIpc) is 1.80. The van der Waals surface area contributed by atoms with Crippen LogP contribution in [0.25, 0.3) is 0 Å². The molecule has 0 heterocycles. The monoisotopic (exact) mass is 186 g/mol. The summed E-state index contributed by atoms with van der Waals surface area (Å²) in [5.41, 5.74) is 0. The van der Waals surface area contributed by atoms with Gasteiger partial charge >= 0.3 is 16.4 Å². The normalized spacial score (nSPS) is 14.4. The molecule has 0 saturated heterocycles. The second-order valence-electron chi connectivity index (χ2n) is 1.57. The number of carboxylic acid groups (broad SMARTS) is 1. The van der Waals surface area contributed by atoms with Crippen molar-refractivity contribution < 1.29 is 32.1 Å². The Kier molecular flexibility index (Phi) is 3.39. The first-order valence-corrected chi connectivity index (χ1v) is 3.74. The van der Waals surface area contributed by atoms with E-state index in [1.807, 2.05) is 0 Å². The summed E-state index contributed by atoms with van der Waals surface area (Å²) < 4.78 is 30.7. The fraction of sp³-hybridized carbons (Fsp3) is 0.667. The van der Waals surface area contributed by atoms with Gasteiger partial charge in [-0.15, -0.1) is 0 Å². The lowest BCUT2D eigenvalue weighted by Gasteiger charge is -2.02. The van der Waals surface area contributed by atoms with E-state index in [1.165, 1.54) is 0 Å². The van der Waals surface area contributed by atoms with Gasteiger partial charge in [-0.25, -0.2) is 9.68 Å². The lowest BCUT2D eigenvalue weighted by atomic mass is 10.4. The molecule has 1 atom stereocenters. The van der Waals surface area contributed by atoms with E-state index < -0.39 is 22.5 Å². The van der Waals surface area contributed by atoms with Crippen LogP contribution in [-0.4, -0.2) is 30.2 Å². The Morgan fingerprint density at radius 2 is 2.00 bits per heavy atom. The van der Waals surface area contributed by atoms with Crippen LogP contribution in [0.2, 0.25) is 0 Å². The number of hydrogen-bond acceptors (Lipinski definition) is 5. The molecule has 0 radical (unpaired) electrons. The summed E-state index contributed by atoms with van der Waals surface area (Å²) in [5, 5.41) is 8.10. The van der Waals surface area contributed by atoms with Gasteiger partial charge in [0.1, 0.15) is 0 Å². The molecule has 8 heteroatoms. The number of rotatable bonds is 4. The molecule has 0 aromatic rings. The predicted octanol–water partition coefficient (Wildman–Crippen LogP) is -0.789. The summed E-state index contributed by atoms with van der Waals surface area (Å²) in [5.74, 6) is -1.41. The summed E-state index contributed by atoms with van der Waals surface area (Å²) in [7, 11) is -4.74. The second-order valence-corrected chi connectivity index (χ2v) is 2.56. The van der Waals surface area contributed by atoms with Crippen LogP contribution >= 0.6 is 0 Å². The molecule has 0 amide bonds. The zero-order valence-corrected chi connectivity index (χ0v) is 6.24. The standard InChI is InChI=1S/C3H6O7S/c1-2(3(4)5)9-10-11(6,7)8/h2H,1H3,(H,4,5)(H,6,7,8). The Hall–Kier alpha value is -0.700. The zero-order valence-electron chi connectivity index (χ0n) is 5.42. The van der Waals surface area contributed by atoms with Crippen molar-refractivity contribution in [1.29, 1.82) is 0 Å². The molecule has 0 rings (SSSR count). The van der Waals surface area contributed by atoms with E-state index in [0.29, 0.717) is 0 Å². The van der Waals surface area contributed by atoms with Gasteiger partial charge in [-0.3, -0.25) is 4.55 Å². The van der Waals surface area contributed by atoms with E-state index in [2.05, 4.69) is 9.22 Å². The smallest absolute Gasteiger partial charge is 0.424 e. The quantitative estimate of drug-likeness (QED) is 0.336. The molecule has 7 nitrogen and oxygen atoms in total. The lowest BCUT2D eigenvalue weighted by Crippen LogP contribution is -2.21. The number of aliphatic carboxylic acids is 1. The molecule has 66 valence electrons. The van der Waals surface area contributed by atoms with Crippen molar-refractivity contribution in [3.8, 4) is 0 Å². The van der Waals surface area contributed by atoms with Crippen molar-refractivity contribution in [2.24, 2.45) is 0 Å². The van der Waals surface area contributed by atoms with Gasteiger partial charge < -0.3 is 5.11 Å². The first-order chi connectivity index (χ1) is 4.83. The highest BCUT2D eigenvalue weighted by atomic mass is 32.3. The Balaban J connectivity index is 3.82. The lowest BCUT2D eigenvalue weighted by molar-refractivity contribution is -0.243. The molecule has 0 bridgehead atoms. The van der Waals surface area contributed by atoms with Crippen LogP contribution in [0, 0.1) is 0 Å². The third-order valence-corrected chi connectivity index (χ3v) is 0.868. The van der Waals surface area contributed by atoms with Crippen molar-refractivity contribution in [1.82, 2.24) is 0 Å². The van der Waals surface area contributed by atoms with Crippen molar-refractivity contribution in [2.75, 3.05) is 0 Å². The van der Waals surface area contributed by atoms with Gasteiger partial charge in [0, 0.05) is 0 Å². The molecule has 0 spiro atoms. The van der Waals surface area contributed by atoms with Gasteiger partial charge in [0.15, 0.2) is 6.10 Å². The van der Waals surface area contributed by atoms with Crippen LogP contribution < -0.4 is 0 Å². The Morgan fingerprint density at radius 1 is 1.55 bits per heavy atom. The first-order valence-electron chi connectivity index (χ1n) is 2.38. The SMILES string of the molecule is CC(OOS(=O)(=O)O)C(=O)O. The number of hydrogen-bond donors (Lipinski definition) is 2. The highest BCUT2D eigenvalue weighted by Crippen LogP contribution is 1.95. The molecular formula is C3H6O7S. The second kappa shape index (κ2) is 3.62. The molecule has 0 aliphatic heterocycles. The topological polar surface area (TPSA) is 110 Å². The van der Waals surface area contributed by atoms with Gasteiger partial charge in [0.2, 0.25) is 0 Å². The van der Waals surface area contributed by atoms with E-state index in [-0.39, 0.29) is 0 Å².